The van der Waals surface area contributed by atoms with Crippen molar-refractivity contribution in [2.75, 3.05) is 14.2 Å². The zero-order chi connectivity index (χ0) is 19.9. The van der Waals surface area contributed by atoms with Gasteiger partial charge in [0.25, 0.3) is 5.91 Å². The van der Waals surface area contributed by atoms with Crippen LogP contribution in [0.25, 0.3) is 0 Å². The Bertz CT molecular complexity index is 826. The number of nitrogens with zero attached hydrogens (tertiary/aromatic N) is 1. The van der Waals surface area contributed by atoms with Crippen LogP contribution < -0.4 is 20.1 Å². The number of rotatable bonds is 7. The molecule has 2 atom stereocenters. The van der Waals surface area contributed by atoms with Crippen molar-refractivity contribution in [3.8, 4) is 11.5 Å². The SMILES string of the molecule is COc1ccc(CNC(=O)[C@H]2CCC[C@H]2NC(=O)c2ccncc2)c(OC)c1. The molecule has 2 N–H and O–H groups in total. The number of hydrogen-bond acceptors (Lipinski definition) is 5. The highest BCUT2D eigenvalue weighted by Gasteiger charge is 2.34. The van der Waals surface area contributed by atoms with E-state index >= 15 is 0 Å². The molecule has 0 aliphatic heterocycles. The Morgan fingerprint density at radius 2 is 1.89 bits per heavy atom. The average molecular weight is 383 g/mol. The van der Waals surface area contributed by atoms with Crippen molar-refractivity contribution in [3.63, 3.8) is 0 Å². The van der Waals surface area contributed by atoms with Crippen molar-refractivity contribution in [1.82, 2.24) is 15.6 Å². The molecule has 0 spiro atoms. The summed E-state index contributed by atoms with van der Waals surface area (Å²) in [7, 11) is 3.18. The van der Waals surface area contributed by atoms with Crippen LogP contribution in [0.1, 0.15) is 35.2 Å². The summed E-state index contributed by atoms with van der Waals surface area (Å²) in [5, 5.41) is 5.97. The number of aromatic nitrogens is 1. The summed E-state index contributed by atoms with van der Waals surface area (Å²) in [6, 6.07) is 8.64. The lowest BCUT2D eigenvalue weighted by Crippen LogP contribution is -2.43. The second-order valence-corrected chi connectivity index (χ2v) is 6.75. The molecule has 1 aromatic carbocycles. The lowest BCUT2D eigenvalue weighted by molar-refractivity contribution is -0.125. The molecule has 1 saturated carbocycles. The minimum atomic E-state index is -0.241. The van der Waals surface area contributed by atoms with Gasteiger partial charge in [-0.15, -0.1) is 0 Å². The number of benzene rings is 1. The molecule has 3 rings (SSSR count). The van der Waals surface area contributed by atoms with Crippen molar-refractivity contribution in [2.24, 2.45) is 5.92 Å². The highest BCUT2D eigenvalue weighted by molar-refractivity contribution is 5.94. The number of hydrogen-bond donors (Lipinski definition) is 2. The van der Waals surface area contributed by atoms with E-state index in [0.717, 1.165) is 24.8 Å². The van der Waals surface area contributed by atoms with E-state index in [0.29, 0.717) is 23.6 Å². The fraction of sp³-hybridized carbons (Fsp3) is 0.381. The van der Waals surface area contributed by atoms with E-state index in [1.54, 1.807) is 44.8 Å². The summed E-state index contributed by atoms with van der Waals surface area (Å²) in [5.74, 6) is 0.879. The second kappa shape index (κ2) is 9.21. The highest BCUT2D eigenvalue weighted by atomic mass is 16.5. The van der Waals surface area contributed by atoms with Gasteiger partial charge >= 0.3 is 0 Å². The quantitative estimate of drug-likeness (QED) is 0.766. The van der Waals surface area contributed by atoms with Crippen LogP contribution in [0.5, 0.6) is 11.5 Å². The van der Waals surface area contributed by atoms with E-state index in [9.17, 15) is 9.59 Å². The van der Waals surface area contributed by atoms with Crippen LogP contribution in [0, 0.1) is 5.92 Å². The standard InChI is InChI=1S/C21H25N3O4/c1-27-16-7-6-15(19(12-16)28-2)13-23-21(26)17-4-3-5-18(17)24-20(25)14-8-10-22-11-9-14/h6-12,17-18H,3-5,13H2,1-2H3,(H,23,26)(H,24,25)/t17-,18+/m0/s1. The van der Waals surface area contributed by atoms with Crippen LogP contribution in [0.4, 0.5) is 0 Å². The van der Waals surface area contributed by atoms with Crippen molar-refractivity contribution < 1.29 is 19.1 Å². The number of pyridine rings is 1. The summed E-state index contributed by atoms with van der Waals surface area (Å²) < 4.78 is 10.6. The third-order valence-electron chi connectivity index (χ3n) is 5.06. The monoisotopic (exact) mass is 383 g/mol. The van der Waals surface area contributed by atoms with Gasteiger partial charge < -0.3 is 20.1 Å². The molecule has 1 aromatic heterocycles. The highest BCUT2D eigenvalue weighted by Crippen LogP contribution is 2.27. The molecule has 0 saturated heterocycles. The molecule has 1 fully saturated rings. The molecule has 1 aliphatic rings. The Morgan fingerprint density at radius 3 is 2.61 bits per heavy atom. The molecule has 2 aromatic rings. The summed E-state index contributed by atoms with van der Waals surface area (Å²) in [4.78, 5) is 29.0. The molecule has 7 heteroatoms. The van der Waals surface area contributed by atoms with Crippen LogP contribution in [0.3, 0.4) is 0 Å². The Balaban J connectivity index is 1.60. The van der Waals surface area contributed by atoms with Gasteiger partial charge in [-0.3, -0.25) is 14.6 Å². The van der Waals surface area contributed by atoms with Gasteiger partial charge in [0.05, 0.1) is 20.1 Å². The van der Waals surface area contributed by atoms with Crippen LogP contribution in [0.2, 0.25) is 0 Å². The van der Waals surface area contributed by atoms with Gasteiger partial charge in [-0.05, 0) is 37.1 Å². The fourth-order valence-corrected chi connectivity index (χ4v) is 3.51. The number of amides is 2. The van der Waals surface area contributed by atoms with Crippen molar-refractivity contribution in [2.45, 2.75) is 31.8 Å². The fourth-order valence-electron chi connectivity index (χ4n) is 3.51. The van der Waals surface area contributed by atoms with Gasteiger partial charge in [0.2, 0.25) is 5.91 Å². The first-order valence-corrected chi connectivity index (χ1v) is 9.32. The first-order valence-electron chi connectivity index (χ1n) is 9.32. The smallest absolute Gasteiger partial charge is 0.251 e. The minimum Gasteiger partial charge on any atom is -0.497 e. The molecular weight excluding hydrogens is 358 g/mol. The molecular formula is C21H25N3O4. The van der Waals surface area contributed by atoms with Crippen LogP contribution in [0.15, 0.2) is 42.7 Å². The summed E-state index contributed by atoms with van der Waals surface area (Å²) in [5.41, 5.74) is 1.41. The normalized spacial score (nSPS) is 18.4. The van der Waals surface area contributed by atoms with Crippen LogP contribution >= 0.6 is 0 Å². The molecule has 7 nitrogen and oxygen atoms in total. The van der Waals surface area contributed by atoms with E-state index in [2.05, 4.69) is 15.6 Å². The lowest BCUT2D eigenvalue weighted by atomic mass is 10.0. The van der Waals surface area contributed by atoms with Crippen molar-refractivity contribution in [1.29, 1.82) is 0 Å². The Hall–Kier alpha value is -3.09. The topological polar surface area (TPSA) is 89.6 Å². The Morgan fingerprint density at radius 1 is 1.11 bits per heavy atom. The minimum absolute atomic E-state index is 0.0598. The van der Waals surface area contributed by atoms with E-state index < -0.39 is 0 Å². The largest absolute Gasteiger partial charge is 0.497 e. The second-order valence-electron chi connectivity index (χ2n) is 6.75. The Kier molecular flexibility index (Phi) is 6.47. The van der Waals surface area contributed by atoms with Gasteiger partial charge in [-0.25, -0.2) is 0 Å². The van der Waals surface area contributed by atoms with Gasteiger partial charge in [-0.1, -0.05) is 6.42 Å². The first kappa shape index (κ1) is 19.7. The van der Waals surface area contributed by atoms with Gasteiger partial charge in [0, 0.05) is 42.2 Å². The van der Waals surface area contributed by atoms with Gasteiger partial charge in [0.1, 0.15) is 11.5 Å². The molecule has 0 radical (unpaired) electrons. The van der Waals surface area contributed by atoms with E-state index in [-0.39, 0.29) is 23.8 Å². The van der Waals surface area contributed by atoms with Crippen molar-refractivity contribution in [3.05, 3.63) is 53.9 Å². The van der Waals surface area contributed by atoms with Gasteiger partial charge in [0.15, 0.2) is 0 Å². The van der Waals surface area contributed by atoms with E-state index in [4.69, 9.17) is 9.47 Å². The lowest BCUT2D eigenvalue weighted by Gasteiger charge is -2.21. The van der Waals surface area contributed by atoms with Crippen molar-refractivity contribution >= 4 is 11.8 Å². The number of carbonyl (C=O) groups excluding carboxylic acids is 2. The molecule has 0 unspecified atom stereocenters. The average Bonchev–Trinajstić information content (AvgIpc) is 3.20. The predicted octanol–water partition coefficient (Wildman–Crippen LogP) is 2.31. The maximum Gasteiger partial charge on any atom is 0.251 e. The molecule has 1 heterocycles. The maximum atomic E-state index is 12.7. The molecule has 148 valence electrons. The van der Waals surface area contributed by atoms with Crippen LogP contribution in [-0.2, 0) is 11.3 Å². The molecule has 0 bridgehead atoms. The predicted molar refractivity (Wildman–Crippen MR) is 104 cm³/mol. The first-order chi connectivity index (χ1) is 13.6. The zero-order valence-electron chi connectivity index (χ0n) is 16.1. The summed E-state index contributed by atoms with van der Waals surface area (Å²) >= 11 is 0. The van der Waals surface area contributed by atoms with E-state index in [1.165, 1.54) is 0 Å². The number of methoxy groups -OCH3 is 2. The summed E-state index contributed by atoms with van der Waals surface area (Å²) in [6.45, 7) is 0.355. The number of carbonyl (C=O) groups is 2. The van der Waals surface area contributed by atoms with Crippen LogP contribution in [-0.4, -0.2) is 37.1 Å². The van der Waals surface area contributed by atoms with E-state index in [1.807, 2.05) is 12.1 Å². The molecule has 2 amide bonds. The maximum absolute atomic E-state index is 12.7. The third kappa shape index (κ3) is 4.60. The summed E-state index contributed by atoms with van der Waals surface area (Å²) in [6.07, 6.45) is 5.62. The molecule has 1 aliphatic carbocycles. The third-order valence-corrected chi connectivity index (χ3v) is 5.06. The number of nitrogens with one attached hydrogen (secondary N) is 2. The number of ether oxygens (including phenoxy) is 2. The van der Waals surface area contributed by atoms with Gasteiger partial charge in [-0.2, -0.15) is 0 Å². The molecule has 28 heavy (non-hydrogen) atoms. The zero-order valence-corrected chi connectivity index (χ0v) is 16.1. The Labute approximate surface area is 164 Å².